The van der Waals surface area contributed by atoms with Gasteiger partial charge in [0.1, 0.15) is 0 Å². The molecule has 106 valence electrons. The van der Waals surface area contributed by atoms with Gasteiger partial charge in [-0.15, -0.1) is 0 Å². The third-order valence-electron chi connectivity index (χ3n) is 2.96. The average Bonchev–Trinajstić information content (AvgIpc) is 2.41. The Morgan fingerprint density at radius 1 is 1.15 bits per heavy atom. The Kier molecular flexibility index (Phi) is 5.10. The largest absolute Gasteiger partial charge is 0.271 e. The van der Waals surface area contributed by atoms with E-state index in [4.69, 9.17) is 17.4 Å². The molecule has 0 amide bonds. The second-order valence-corrected chi connectivity index (χ2v) is 5.63. The van der Waals surface area contributed by atoms with E-state index in [1.807, 2.05) is 6.07 Å². The molecule has 2 rings (SSSR count). The van der Waals surface area contributed by atoms with Crippen molar-refractivity contribution in [2.75, 3.05) is 0 Å². The molecule has 3 N–H and O–H groups in total. The van der Waals surface area contributed by atoms with E-state index in [0.717, 1.165) is 16.1 Å². The summed E-state index contributed by atoms with van der Waals surface area (Å²) in [6.07, 6.45) is 0.425. The maximum Gasteiger partial charge on any atom is 0.159 e. The Bertz CT molecular complexity index is 622. The summed E-state index contributed by atoms with van der Waals surface area (Å²) in [4.78, 5) is 0. The van der Waals surface area contributed by atoms with E-state index < -0.39 is 11.6 Å². The molecule has 2 aromatic rings. The smallest absolute Gasteiger partial charge is 0.159 e. The van der Waals surface area contributed by atoms with Crippen molar-refractivity contribution in [2.24, 2.45) is 5.84 Å². The maximum atomic E-state index is 13.2. The number of hydrogen-bond acceptors (Lipinski definition) is 2. The summed E-state index contributed by atoms with van der Waals surface area (Å²) in [5.74, 6) is 3.83. The van der Waals surface area contributed by atoms with E-state index in [-0.39, 0.29) is 6.04 Å². The van der Waals surface area contributed by atoms with Crippen LogP contribution in [-0.2, 0) is 6.42 Å². The summed E-state index contributed by atoms with van der Waals surface area (Å²) in [5, 5.41) is 0.601. The second-order valence-electron chi connectivity index (χ2n) is 4.34. The first-order valence-corrected chi connectivity index (χ1v) is 7.03. The minimum Gasteiger partial charge on any atom is -0.271 e. The molecule has 0 aromatic heterocycles. The minimum absolute atomic E-state index is 0.244. The van der Waals surface area contributed by atoms with E-state index in [0.29, 0.717) is 17.0 Å². The van der Waals surface area contributed by atoms with Gasteiger partial charge in [-0.3, -0.25) is 11.3 Å². The van der Waals surface area contributed by atoms with Gasteiger partial charge >= 0.3 is 0 Å². The van der Waals surface area contributed by atoms with Crippen LogP contribution in [0, 0.1) is 11.6 Å². The molecular formula is C14H12BrClF2N2. The fraction of sp³-hybridized carbons (Fsp3) is 0.143. The molecule has 6 heteroatoms. The molecule has 0 bridgehead atoms. The molecule has 0 saturated heterocycles. The average molecular weight is 362 g/mol. The fourth-order valence-corrected chi connectivity index (χ4v) is 2.90. The number of halogens is 4. The first-order valence-electron chi connectivity index (χ1n) is 5.86. The summed E-state index contributed by atoms with van der Waals surface area (Å²) in [6, 6.07) is 8.90. The zero-order valence-electron chi connectivity index (χ0n) is 10.3. The number of nitrogens with two attached hydrogens (primary N) is 1. The molecule has 0 radical (unpaired) electrons. The Hall–Kier alpha value is -1.01. The van der Waals surface area contributed by atoms with Crippen LogP contribution in [0.5, 0.6) is 0 Å². The zero-order valence-corrected chi connectivity index (χ0v) is 12.7. The summed E-state index contributed by atoms with van der Waals surface area (Å²) in [6.45, 7) is 0. The normalized spacial score (nSPS) is 12.4. The van der Waals surface area contributed by atoms with Crippen LogP contribution in [0.15, 0.2) is 40.9 Å². The molecule has 0 saturated carbocycles. The van der Waals surface area contributed by atoms with Crippen LogP contribution in [0.3, 0.4) is 0 Å². The van der Waals surface area contributed by atoms with Gasteiger partial charge in [0.15, 0.2) is 11.6 Å². The molecule has 0 spiro atoms. The first-order chi connectivity index (χ1) is 9.51. The standard InChI is InChI=1S/C14H12BrClF2N2/c15-11-7-9(16)2-3-10(11)14(20-19)6-8-1-4-12(17)13(18)5-8/h1-5,7,14,20H,6,19H2. The summed E-state index contributed by atoms with van der Waals surface area (Å²) in [5.41, 5.74) is 4.21. The molecule has 0 aliphatic rings. The van der Waals surface area contributed by atoms with Gasteiger partial charge in [-0.2, -0.15) is 0 Å². The van der Waals surface area contributed by atoms with E-state index in [2.05, 4.69) is 21.4 Å². The molecule has 1 unspecified atom stereocenters. The lowest BCUT2D eigenvalue weighted by Crippen LogP contribution is -2.29. The predicted molar refractivity (Wildman–Crippen MR) is 79.3 cm³/mol. The van der Waals surface area contributed by atoms with E-state index >= 15 is 0 Å². The Morgan fingerprint density at radius 3 is 2.50 bits per heavy atom. The van der Waals surface area contributed by atoms with Crippen LogP contribution < -0.4 is 11.3 Å². The van der Waals surface area contributed by atoms with Crippen molar-refractivity contribution in [3.05, 3.63) is 68.7 Å². The summed E-state index contributed by atoms with van der Waals surface area (Å²) < 4.78 is 26.9. The lowest BCUT2D eigenvalue weighted by atomic mass is 9.99. The van der Waals surface area contributed by atoms with Crippen molar-refractivity contribution >= 4 is 27.5 Å². The van der Waals surface area contributed by atoms with Gasteiger partial charge in [0.2, 0.25) is 0 Å². The van der Waals surface area contributed by atoms with Crippen molar-refractivity contribution in [2.45, 2.75) is 12.5 Å². The highest BCUT2D eigenvalue weighted by atomic mass is 79.9. The molecular weight excluding hydrogens is 350 g/mol. The van der Waals surface area contributed by atoms with Crippen LogP contribution in [-0.4, -0.2) is 0 Å². The second kappa shape index (κ2) is 6.63. The van der Waals surface area contributed by atoms with Crippen LogP contribution in [0.25, 0.3) is 0 Å². The topological polar surface area (TPSA) is 38.0 Å². The van der Waals surface area contributed by atoms with Gasteiger partial charge < -0.3 is 0 Å². The molecule has 2 nitrogen and oxygen atoms in total. The first kappa shape index (κ1) is 15.4. The SMILES string of the molecule is NNC(Cc1ccc(F)c(F)c1)c1ccc(Cl)cc1Br. The Morgan fingerprint density at radius 2 is 1.90 bits per heavy atom. The van der Waals surface area contributed by atoms with Crippen molar-refractivity contribution in [1.82, 2.24) is 5.43 Å². The van der Waals surface area contributed by atoms with Gasteiger partial charge in [-0.05, 0) is 41.8 Å². The fourth-order valence-electron chi connectivity index (χ4n) is 1.95. The van der Waals surface area contributed by atoms with Crippen molar-refractivity contribution < 1.29 is 8.78 Å². The predicted octanol–water partition coefficient (Wildman–Crippen LogP) is 4.13. The van der Waals surface area contributed by atoms with Gasteiger partial charge in [0.05, 0.1) is 6.04 Å². The number of hydrazine groups is 1. The van der Waals surface area contributed by atoms with Gasteiger partial charge in [-0.25, -0.2) is 8.78 Å². The van der Waals surface area contributed by atoms with E-state index in [1.54, 1.807) is 12.1 Å². The molecule has 20 heavy (non-hydrogen) atoms. The van der Waals surface area contributed by atoms with Crippen molar-refractivity contribution in [3.8, 4) is 0 Å². The molecule has 1 atom stereocenters. The summed E-state index contributed by atoms with van der Waals surface area (Å²) >= 11 is 9.30. The molecule has 0 aliphatic carbocycles. The minimum atomic E-state index is -0.867. The zero-order chi connectivity index (χ0) is 14.7. The van der Waals surface area contributed by atoms with Crippen LogP contribution in [0.4, 0.5) is 8.78 Å². The lowest BCUT2D eigenvalue weighted by Gasteiger charge is -2.18. The highest BCUT2D eigenvalue weighted by molar-refractivity contribution is 9.10. The lowest BCUT2D eigenvalue weighted by molar-refractivity contribution is 0.502. The number of nitrogens with one attached hydrogen (secondary N) is 1. The number of benzene rings is 2. The summed E-state index contributed by atoms with van der Waals surface area (Å²) in [7, 11) is 0. The van der Waals surface area contributed by atoms with Crippen molar-refractivity contribution in [3.63, 3.8) is 0 Å². The van der Waals surface area contributed by atoms with Gasteiger partial charge in [0, 0.05) is 9.50 Å². The van der Waals surface area contributed by atoms with E-state index in [9.17, 15) is 8.78 Å². The third kappa shape index (κ3) is 3.55. The number of rotatable bonds is 4. The quantitative estimate of drug-likeness (QED) is 0.635. The Balaban J connectivity index is 2.26. The highest BCUT2D eigenvalue weighted by Crippen LogP contribution is 2.28. The maximum absolute atomic E-state index is 13.2. The van der Waals surface area contributed by atoms with Crippen LogP contribution in [0.1, 0.15) is 17.2 Å². The highest BCUT2D eigenvalue weighted by Gasteiger charge is 2.15. The van der Waals surface area contributed by atoms with Gasteiger partial charge in [-0.1, -0.05) is 39.7 Å². The molecule has 0 aliphatic heterocycles. The molecule has 0 fully saturated rings. The third-order valence-corrected chi connectivity index (χ3v) is 3.88. The van der Waals surface area contributed by atoms with Crippen LogP contribution >= 0.6 is 27.5 Å². The van der Waals surface area contributed by atoms with Crippen LogP contribution in [0.2, 0.25) is 5.02 Å². The van der Waals surface area contributed by atoms with Crippen molar-refractivity contribution in [1.29, 1.82) is 0 Å². The molecule has 2 aromatic carbocycles. The monoisotopic (exact) mass is 360 g/mol. The number of hydrogen-bond donors (Lipinski definition) is 2. The van der Waals surface area contributed by atoms with Gasteiger partial charge in [0.25, 0.3) is 0 Å². The molecule has 0 heterocycles. The Labute approximate surface area is 129 Å². The van der Waals surface area contributed by atoms with E-state index in [1.165, 1.54) is 12.1 Å².